The van der Waals surface area contributed by atoms with Crippen LogP contribution >= 0.6 is 23.2 Å². The number of carboxylic acids is 1. The van der Waals surface area contributed by atoms with Crippen LogP contribution in [0.25, 0.3) is 0 Å². The summed E-state index contributed by atoms with van der Waals surface area (Å²) < 4.78 is 12.8. The number of carbonyl (C=O) groups is 2. The SMILES string of the molecule is O=C(Cc1ccc(F)cc1)N[C@@H](Cc1ccc(Cl)cc1Cl)C(=O)O. The number of hydrogen-bond acceptors (Lipinski definition) is 2. The third-order valence-electron chi connectivity index (χ3n) is 3.35. The number of nitrogens with one attached hydrogen (secondary N) is 1. The normalized spacial score (nSPS) is 11.8. The highest BCUT2D eigenvalue weighted by atomic mass is 35.5. The number of aliphatic carboxylic acids is 1. The number of hydrogen-bond donors (Lipinski definition) is 2. The summed E-state index contributed by atoms with van der Waals surface area (Å²) in [5, 5.41) is 12.5. The molecule has 0 aliphatic rings. The zero-order chi connectivity index (χ0) is 17.7. The van der Waals surface area contributed by atoms with Crippen molar-refractivity contribution in [1.82, 2.24) is 5.32 Å². The Morgan fingerprint density at radius 1 is 1.12 bits per heavy atom. The predicted molar refractivity (Wildman–Crippen MR) is 89.8 cm³/mol. The zero-order valence-electron chi connectivity index (χ0n) is 12.4. The molecule has 1 amide bonds. The Balaban J connectivity index is 2.03. The van der Waals surface area contributed by atoms with E-state index in [0.717, 1.165) is 0 Å². The standard InChI is InChI=1S/C17H14Cl2FNO3/c18-12-4-3-11(14(19)9-12)8-15(17(23)24)21-16(22)7-10-1-5-13(20)6-2-10/h1-6,9,15H,7-8H2,(H,21,22)(H,23,24)/t15-/m0/s1. The van der Waals surface area contributed by atoms with Crippen molar-refractivity contribution in [2.45, 2.75) is 18.9 Å². The minimum absolute atomic E-state index is 0.0283. The Kier molecular flexibility index (Phi) is 6.17. The van der Waals surface area contributed by atoms with Gasteiger partial charge in [0.2, 0.25) is 5.91 Å². The first-order valence-corrected chi connectivity index (χ1v) is 7.81. The average molecular weight is 370 g/mol. The minimum atomic E-state index is -1.17. The second-order valence-electron chi connectivity index (χ2n) is 5.20. The van der Waals surface area contributed by atoms with Crippen molar-refractivity contribution in [2.75, 3.05) is 0 Å². The molecule has 24 heavy (non-hydrogen) atoms. The third-order valence-corrected chi connectivity index (χ3v) is 3.94. The van der Waals surface area contributed by atoms with Gasteiger partial charge in [0, 0.05) is 16.5 Å². The van der Waals surface area contributed by atoms with Gasteiger partial charge >= 0.3 is 5.97 Å². The predicted octanol–water partition coefficient (Wildman–Crippen LogP) is 3.49. The first-order valence-electron chi connectivity index (χ1n) is 7.05. The molecule has 2 rings (SSSR count). The summed E-state index contributed by atoms with van der Waals surface area (Å²) in [4.78, 5) is 23.4. The van der Waals surface area contributed by atoms with E-state index in [2.05, 4.69) is 5.32 Å². The lowest BCUT2D eigenvalue weighted by Gasteiger charge is -2.15. The smallest absolute Gasteiger partial charge is 0.326 e. The fourth-order valence-corrected chi connectivity index (χ4v) is 2.63. The van der Waals surface area contributed by atoms with Crippen LogP contribution in [-0.4, -0.2) is 23.0 Å². The summed E-state index contributed by atoms with van der Waals surface area (Å²) >= 11 is 11.8. The number of carboxylic acid groups (broad SMARTS) is 1. The fourth-order valence-electron chi connectivity index (χ4n) is 2.14. The molecule has 2 aromatic rings. The Labute approximate surface area is 148 Å². The van der Waals surface area contributed by atoms with Crippen molar-refractivity contribution < 1.29 is 19.1 Å². The molecule has 0 radical (unpaired) electrons. The molecular weight excluding hydrogens is 356 g/mol. The highest BCUT2D eigenvalue weighted by molar-refractivity contribution is 6.35. The van der Waals surface area contributed by atoms with Crippen LogP contribution in [0.4, 0.5) is 4.39 Å². The molecule has 7 heteroatoms. The van der Waals surface area contributed by atoms with Crippen molar-refractivity contribution in [1.29, 1.82) is 0 Å². The highest BCUT2D eigenvalue weighted by Gasteiger charge is 2.21. The molecule has 0 spiro atoms. The Morgan fingerprint density at radius 2 is 1.79 bits per heavy atom. The van der Waals surface area contributed by atoms with E-state index in [1.807, 2.05) is 0 Å². The summed E-state index contributed by atoms with van der Waals surface area (Å²) in [6.07, 6.45) is -0.0150. The molecule has 126 valence electrons. The van der Waals surface area contributed by atoms with Crippen molar-refractivity contribution in [2.24, 2.45) is 0 Å². The summed E-state index contributed by atoms with van der Waals surface area (Å²) in [7, 11) is 0. The quantitative estimate of drug-likeness (QED) is 0.818. The van der Waals surface area contributed by atoms with E-state index in [-0.39, 0.29) is 12.8 Å². The van der Waals surface area contributed by atoms with Gasteiger partial charge in [-0.2, -0.15) is 0 Å². The van der Waals surface area contributed by atoms with Gasteiger partial charge in [0.15, 0.2) is 0 Å². The van der Waals surface area contributed by atoms with Gasteiger partial charge in [0.1, 0.15) is 11.9 Å². The van der Waals surface area contributed by atoms with E-state index < -0.39 is 23.7 Å². The van der Waals surface area contributed by atoms with Crippen LogP contribution in [0.2, 0.25) is 10.0 Å². The van der Waals surface area contributed by atoms with E-state index >= 15 is 0 Å². The Bertz CT molecular complexity index is 750. The van der Waals surface area contributed by atoms with E-state index in [4.69, 9.17) is 23.2 Å². The fraction of sp³-hybridized carbons (Fsp3) is 0.176. The third kappa shape index (κ3) is 5.22. The van der Waals surface area contributed by atoms with Gasteiger partial charge in [-0.05, 0) is 35.4 Å². The lowest BCUT2D eigenvalue weighted by atomic mass is 10.1. The molecule has 1 atom stereocenters. The van der Waals surface area contributed by atoms with Crippen LogP contribution in [0.1, 0.15) is 11.1 Å². The van der Waals surface area contributed by atoms with Gasteiger partial charge in [-0.3, -0.25) is 4.79 Å². The van der Waals surface area contributed by atoms with Crippen molar-refractivity contribution in [3.05, 3.63) is 69.5 Å². The lowest BCUT2D eigenvalue weighted by molar-refractivity contribution is -0.141. The second-order valence-corrected chi connectivity index (χ2v) is 6.05. The first-order chi connectivity index (χ1) is 11.3. The van der Waals surface area contributed by atoms with Crippen LogP contribution in [0, 0.1) is 5.82 Å². The maximum absolute atomic E-state index is 12.8. The van der Waals surface area contributed by atoms with Gasteiger partial charge in [-0.25, -0.2) is 9.18 Å². The summed E-state index contributed by atoms with van der Waals surface area (Å²) in [6, 6.07) is 9.03. The largest absolute Gasteiger partial charge is 0.480 e. The summed E-state index contributed by atoms with van der Waals surface area (Å²) in [5.41, 5.74) is 1.15. The van der Waals surface area contributed by atoms with E-state index in [1.165, 1.54) is 30.3 Å². The van der Waals surface area contributed by atoms with Crippen LogP contribution < -0.4 is 5.32 Å². The van der Waals surface area contributed by atoms with E-state index in [9.17, 15) is 19.1 Å². The molecule has 2 N–H and O–H groups in total. The summed E-state index contributed by atoms with van der Waals surface area (Å²) in [6.45, 7) is 0. The number of carbonyl (C=O) groups excluding carboxylic acids is 1. The van der Waals surface area contributed by atoms with Gasteiger partial charge in [-0.15, -0.1) is 0 Å². The van der Waals surface area contributed by atoms with Gasteiger partial charge in [0.05, 0.1) is 6.42 Å². The molecule has 2 aromatic carbocycles. The zero-order valence-corrected chi connectivity index (χ0v) is 13.9. The lowest BCUT2D eigenvalue weighted by Crippen LogP contribution is -2.43. The molecule has 0 heterocycles. The maximum Gasteiger partial charge on any atom is 0.326 e. The molecule has 0 aliphatic heterocycles. The number of amides is 1. The maximum atomic E-state index is 12.8. The molecular formula is C17H14Cl2FNO3. The number of benzene rings is 2. The Morgan fingerprint density at radius 3 is 2.38 bits per heavy atom. The molecule has 0 aliphatic carbocycles. The van der Waals surface area contributed by atoms with Crippen molar-refractivity contribution >= 4 is 35.1 Å². The molecule has 4 nitrogen and oxygen atoms in total. The molecule has 0 unspecified atom stereocenters. The van der Waals surface area contributed by atoms with Crippen LogP contribution in [-0.2, 0) is 22.4 Å². The van der Waals surface area contributed by atoms with Crippen LogP contribution in [0.3, 0.4) is 0 Å². The van der Waals surface area contributed by atoms with E-state index in [1.54, 1.807) is 12.1 Å². The molecule has 0 bridgehead atoms. The number of halogens is 3. The summed E-state index contributed by atoms with van der Waals surface area (Å²) in [5.74, 6) is -2.05. The van der Waals surface area contributed by atoms with Gasteiger partial charge in [0.25, 0.3) is 0 Å². The topological polar surface area (TPSA) is 66.4 Å². The Hall–Kier alpha value is -2.11. The van der Waals surface area contributed by atoms with E-state index in [0.29, 0.717) is 21.2 Å². The second kappa shape index (κ2) is 8.13. The number of rotatable bonds is 6. The van der Waals surface area contributed by atoms with Gasteiger partial charge in [-0.1, -0.05) is 41.4 Å². The minimum Gasteiger partial charge on any atom is -0.480 e. The first kappa shape index (κ1) is 18.2. The highest BCUT2D eigenvalue weighted by Crippen LogP contribution is 2.22. The molecule has 0 saturated heterocycles. The molecule has 0 saturated carbocycles. The monoisotopic (exact) mass is 369 g/mol. The van der Waals surface area contributed by atoms with Crippen LogP contribution in [0.15, 0.2) is 42.5 Å². The van der Waals surface area contributed by atoms with Crippen LogP contribution in [0.5, 0.6) is 0 Å². The van der Waals surface area contributed by atoms with Crippen molar-refractivity contribution in [3.63, 3.8) is 0 Å². The average Bonchev–Trinajstić information content (AvgIpc) is 2.51. The molecule has 0 fully saturated rings. The van der Waals surface area contributed by atoms with Crippen molar-refractivity contribution in [3.8, 4) is 0 Å². The van der Waals surface area contributed by atoms with Gasteiger partial charge < -0.3 is 10.4 Å². The molecule has 0 aromatic heterocycles.